The maximum atomic E-state index is 13.8. The molecule has 0 fully saturated rings. The van der Waals surface area contributed by atoms with Crippen molar-refractivity contribution in [2.24, 2.45) is 0 Å². The summed E-state index contributed by atoms with van der Waals surface area (Å²) < 4.78 is 38.8. The molecule has 1 aliphatic carbocycles. The van der Waals surface area contributed by atoms with Crippen molar-refractivity contribution in [3.63, 3.8) is 0 Å². The highest BCUT2D eigenvalue weighted by Gasteiger charge is 2.30. The van der Waals surface area contributed by atoms with Crippen molar-refractivity contribution < 1.29 is 22.4 Å². The second-order valence-electron chi connectivity index (χ2n) is 10.1. The Labute approximate surface area is 244 Å². The predicted octanol–water partition coefficient (Wildman–Crippen LogP) is 7.57. The van der Waals surface area contributed by atoms with Crippen LogP contribution in [0, 0.1) is 0 Å². The molecule has 7 nitrogen and oxygen atoms in total. The molecule has 1 aliphatic heterocycles. The van der Waals surface area contributed by atoms with Crippen LogP contribution in [0.5, 0.6) is 5.75 Å². The monoisotopic (exact) mass is 590 g/mol. The zero-order valence-corrected chi connectivity index (χ0v) is 25.6. The minimum absolute atomic E-state index is 0.192. The number of benzene rings is 1. The van der Waals surface area contributed by atoms with E-state index in [4.69, 9.17) is 20.8 Å². The van der Waals surface area contributed by atoms with Crippen molar-refractivity contribution in [3.05, 3.63) is 59.5 Å². The van der Waals surface area contributed by atoms with E-state index in [0.29, 0.717) is 52.3 Å². The van der Waals surface area contributed by atoms with Crippen LogP contribution in [0.25, 0.3) is 11.1 Å². The molecule has 1 heterocycles. The zero-order valence-electron chi connectivity index (χ0n) is 24.0. The fraction of sp³-hybridized carbons (Fsp3) is 0.516. The van der Waals surface area contributed by atoms with Crippen LogP contribution in [0.2, 0.25) is 0 Å². The van der Waals surface area contributed by atoms with Crippen molar-refractivity contribution >= 4 is 33.1 Å². The number of hydrogen-bond acceptors (Lipinski definition) is 6. The van der Waals surface area contributed by atoms with E-state index in [2.05, 4.69) is 30.4 Å². The fourth-order valence-corrected chi connectivity index (χ4v) is 5.58. The highest BCUT2D eigenvalue weighted by Crippen LogP contribution is 2.43. The molecule has 220 valence electrons. The summed E-state index contributed by atoms with van der Waals surface area (Å²) in [7, 11) is -3.77. The molecule has 0 radical (unpaired) electrons. The van der Waals surface area contributed by atoms with Crippen molar-refractivity contribution in [3.8, 4) is 16.9 Å². The summed E-state index contributed by atoms with van der Waals surface area (Å²) in [6.07, 6.45) is 11.0. The molecule has 1 aromatic rings. The first kappa shape index (κ1) is 32.0. The van der Waals surface area contributed by atoms with Gasteiger partial charge in [-0.05, 0) is 81.1 Å². The molecule has 0 saturated carbocycles. The quantitative estimate of drug-likeness (QED) is 0.0880. The van der Waals surface area contributed by atoms with Gasteiger partial charge in [-0.25, -0.2) is 8.42 Å². The number of fused-ring (bicyclic) bond motifs is 1. The molecule has 0 saturated heterocycles. The number of nitrogens with one attached hydrogen (secondary N) is 1. The highest BCUT2D eigenvalue weighted by molar-refractivity contribution is 7.93. The lowest BCUT2D eigenvalue weighted by molar-refractivity contribution is 0.103. The van der Waals surface area contributed by atoms with E-state index in [1.54, 1.807) is 18.2 Å². The van der Waals surface area contributed by atoms with Gasteiger partial charge in [-0.3, -0.25) is 9.52 Å². The molecule has 0 amide bonds. The number of carbonyl (C=O) groups is 1. The third-order valence-corrected chi connectivity index (χ3v) is 8.66. The van der Waals surface area contributed by atoms with E-state index in [9.17, 15) is 13.2 Å². The molecule has 9 heteroatoms. The Balaban J connectivity index is 1.76. The Morgan fingerprint density at radius 2 is 1.57 bits per heavy atom. The SMILES string of the molecule is CCCCc1c(NS(=O)(=O)CCl)c2ccocc-2c1C(=O)c1ccc(OCCCN(CCCC)CCCC)cc1. The van der Waals surface area contributed by atoms with Crippen LogP contribution in [0.4, 0.5) is 5.69 Å². The van der Waals surface area contributed by atoms with Crippen LogP contribution in [-0.2, 0) is 16.4 Å². The minimum atomic E-state index is -3.77. The topological polar surface area (TPSA) is 88.8 Å². The van der Waals surface area contributed by atoms with E-state index in [1.165, 1.54) is 38.2 Å². The summed E-state index contributed by atoms with van der Waals surface area (Å²) in [5.41, 5.74) is 3.19. The van der Waals surface area contributed by atoms with Crippen LogP contribution >= 0.6 is 11.6 Å². The fourth-order valence-electron chi connectivity index (χ4n) is 4.82. The van der Waals surface area contributed by atoms with Gasteiger partial charge in [0.15, 0.2) is 5.78 Å². The smallest absolute Gasteiger partial charge is 0.246 e. The number of unbranched alkanes of at least 4 members (excludes halogenated alkanes) is 3. The number of sulfonamides is 1. The Bertz CT molecular complexity index is 1270. The number of ketones is 1. The maximum absolute atomic E-state index is 13.8. The summed E-state index contributed by atoms with van der Waals surface area (Å²) in [6.45, 7) is 10.4. The lowest BCUT2D eigenvalue weighted by atomic mass is 9.96. The van der Waals surface area contributed by atoms with Gasteiger partial charge in [0.1, 0.15) is 11.0 Å². The number of anilines is 1. The van der Waals surface area contributed by atoms with E-state index < -0.39 is 15.2 Å². The summed E-state index contributed by atoms with van der Waals surface area (Å²) in [5.74, 6) is 0.525. The second-order valence-corrected chi connectivity index (χ2v) is 12.5. The second kappa shape index (κ2) is 16.0. The molecule has 0 aromatic heterocycles. The summed E-state index contributed by atoms with van der Waals surface area (Å²) in [4.78, 5) is 16.3. The van der Waals surface area contributed by atoms with Gasteiger partial charge < -0.3 is 14.1 Å². The number of alkyl halides is 1. The van der Waals surface area contributed by atoms with Crippen LogP contribution in [0.15, 0.2) is 47.3 Å². The molecule has 1 N–H and O–H groups in total. The van der Waals surface area contributed by atoms with E-state index in [-0.39, 0.29) is 5.78 Å². The number of halogens is 1. The molecule has 2 aliphatic rings. The molecule has 0 unspecified atom stereocenters. The number of nitrogens with zero attached hydrogens (tertiary/aromatic N) is 1. The van der Waals surface area contributed by atoms with Crippen LogP contribution in [0.1, 0.15) is 87.2 Å². The Kier molecular flexibility index (Phi) is 12.8. The van der Waals surface area contributed by atoms with Gasteiger partial charge in [0, 0.05) is 28.8 Å². The van der Waals surface area contributed by atoms with Gasteiger partial charge in [-0.2, -0.15) is 0 Å². The van der Waals surface area contributed by atoms with E-state index >= 15 is 0 Å². The van der Waals surface area contributed by atoms with Gasteiger partial charge in [0.05, 0.1) is 24.8 Å². The van der Waals surface area contributed by atoms with Gasteiger partial charge in [0.25, 0.3) is 0 Å². The number of hydrogen-bond donors (Lipinski definition) is 1. The average molecular weight is 591 g/mol. The summed E-state index contributed by atoms with van der Waals surface area (Å²) in [5, 5.41) is -0.579. The largest absolute Gasteiger partial charge is 0.494 e. The van der Waals surface area contributed by atoms with Crippen LogP contribution in [-0.4, -0.2) is 50.6 Å². The molecular weight excluding hydrogens is 548 g/mol. The zero-order chi connectivity index (χ0) is 29.0. The first-order valence-electron chi connectivity index (χ1n) is 14.4. The summed E-state index contributed by atoms with van der Waals surface area (Å²) >= 11 is 5.68. The van der Waals surface area contributed by atoms with E-state index in [1.807, 2.05) is 12.1 Å². The average Bonchev–Trinajstić information content (AvgIpc) is 3.27. The molecule has 3 rings (SSSR count). The summed E-state index contributed by atoms with van der Waals surface area (Å²) in [6, 6.07) is 8.83. The Hall–Kier alpha value is -2.55. The molecule has 1 aromatic carbocycles. The first-order valence-corrected chi connectivity index (χ1v) is 16.6. The normalized spacial score (nSPS) is 11.8. The van der Waals surface area contributed by atoms with Crippen molar-refractivity contribution in [1.29, 1.82) is 0 Å². The van der Waals surface area contributed by atoms with Gasteiger partial charge >= 0.3 is 0 Å². The lowest BCUT2D eigenvalue weighted by Crippen LogP contribution is -2.28. The maximum Gasteiger partial charge on any atom is 0.246 e. The number of rotatable bonds is 19. The lowest BCUT2D eigenvalue weighted by Gasteiger charge is -2.21. The van der Waals surface area contributed by atoms with Crippen LogP contribution in [0.3, 0.4) is 0 Å². The van der Waals surface area contributed by atoms with E-state index in [0.717, 1.165) is 38.9 Å². The van der Waals surface area contributed by atoms with Crippen LogP contribution < -0.4 is 9.46 Å². The number of ether oxygens (including phenoxy) is 1. The first-order chi connectivity index (χ1) is 19.3. The Morgan fingerprint density at radius 3 is 2.20 bits per heavy atom. The highest BCUT2D eigenvalue weighted by atomic mass is 35.5. The third-order valence-electron chi connectivity index (χ3n) is 7.00. The van der Waals surface area contributed by atoms with Crippen molar-refractivity contribution in [2.45, 2.75) is 72.1 Å². The molecule has 0 atom stereocenters. The van der Waals surface area contributed by atoms with Crippen molar-refractivity contribution in [1.82, 2.24) is 4.90 Å². The minimum Gasteiger partial charge on any atom is -0.494 e. The molecule has 0 bridgehead atoms. The molecule has 0 spiro atoms. The predicted molar refractivity (Wildman–Crippen MR) is 163 cm³/mol. The van der Waals surface area contributed by atoms with Crippen molar-refractivity contribution in [2.75, 3.05) is 36.2 Å². The molecular formula is C31H43ClN2O5S. The molecule has 40 heavy (non-hydrogen) atoms. The Morgan fingerprint density at radius 1 is 0.925 bits per heavy atom. The van der Waals surface area contributed by atoms with Gasteiger partial charge in [0.2, 0.25) is 10.0 Å². The number of carbonyl (C=O) groups excluding carboxylic acids is 1. The van der Waals surface area contributed by atoms with Gasteiger partial charge in [-0.15, -0.1) is 11.6 Å². The standard InChI is InChI=1S/C31H43ClN2O5S/c1-4-7-11-27-29(28-22-38-21-16-26(28)30(27)33-40(36,37)23-32)31(35)24-12-14-25(15-13-24)39-20-10-19-34(17-8-5-2)18-9-6-3/h12-16,21-22,33H,4-11,17-20,23H2,1-3H3. The van der Waals surface area contributed by atoms with Gasteiger partial charge in [-0.1, -0.05) is 40.0 Å². The third kappa shape index (κ3) is 8.72.